The van der Waals surface area contributed by atoms with E-state index in [1.807, 2.05) is 30.3 Å². The second-order valence-electron chi connectivity index (χ2n) is 6.91. The molecule has 1 fully saturated rings. The summed E-state index contributed by atoms with van der Waals surface area (Å²) in [5.74, 6) is 1.24. The molecule has 27 heavy (non-hydrogen) atoms. The molecule has 2 heterocycles. The Morgan fingerprint density at radius 3 is 2.70 bits per heavy atom. The number of anilines is 1. The van der Waals surface area contributed by atoms with Crippen LogP contribution in [0.5, 0.6) is 0 Å². The molecular formula is C20H21ClN2O2S2. The van der Waals surface area contributed by atoms with E-state index >= 15 is 0 Å². The van der Waals surface area contributed by atoms with Crippen LogP contribution in [0.2, 0.25) is 5.02 Å². The number of aryl methyl sites for hydroxylation is 1. The second-order valence-corrected chi connectivity index (χ2v) is 10.6. The summed E-state index contributed by atoms with van der Waals surface area (Å²) in [5, 5.41) is 1.56. The molecule has 0 radical (unpaired) electrons. The van der Waals surface area contributed by atoms with E-state index in [0.29, 0.717) is 5.02 Å². The molecule has 2 aromatic rings. The smallest absolute Gasteiger partial charge is 0.164 e. The van der Waals surface area contributed by atoms with Gasteiger partial charge in [-0.1, -0.05) is 59.8 Å². The number of thioether (sulfide) groups is 1. The molecule has 4 nitrogen and oxygen atoms in total. The lowest BCUT2D eigenvalue weighted by atomic mass is 10.1. The Labute approximate surface area is 169 Å². The van der Waals surface area contributed by atoms with Gasteiger partial charge in [0.15, 0.2) is 15.0 Å². The number of nitrogens with zero attached hydrogens (tertiary/aromatic N) is 2. The summed E-state index contributed by atoms with van der Waals surface area (Å²) in [7, 11) is -3.03. The third-order valence-corrected chi connectivity index (χ3v) is 7.86. The number of hydrogen-bond donors (Lipinski definition) is 0. The molecule has 2 unspecified atom stereocenters. The number of benzene rings is 2. The van der Waals surface area contributed by atoms with Crippen molar-refractivity contribution in [1.29, 1.82) is 0 Å². The third-order valence-electron chi connectivity index (χ3n) is 4.88. The summed E-state index contributed by atoms with van der Waals surface area (Å²) in [6.45, 7) is 0. The van der Waals surface area contributed by atoms with E-state index in [-0.39, 0.29) is 23.6 Å². The van der Waals surface area contributed by atoms with Crippen molar-refractivity contribution >= 4 is 44.1 Å². The van der Waals surface area contributed by atoms with Crippen LogP contribution in [0.3, 0.4) is 0 Å². The number of fused-ring (bicyclic) bond motifs is 1. The van der Waals surface area contributed by atoms with Crippen molar-refractivity contribution in [2.45, 2.75) is 24.9 Å². The fraction of sp³-hybridized carbons (Fsp3) is 0.350. The maximum atomic E-state index is 12.1. The first-order valence-corrected chi connectivity index (χ1v) is 12.2. The summed E-state index contributed by atoms with van der Waals surface area (Å²) in [5.41, 5.74) is 2.25. The van der Waals surface area contributed by atoms with Crippen molar-refractivity contribution in [3.05, 3.63) is 65.2 Å². The fourth-order valence-corrected chi connectivity index (χ4v) is 6.74. The molecule has 1 saturated heterocycles. The van der Waals surface area contributed by atoms with Crippen LogP contribution in [-0.4, -0.2) is 42.9 Å². The van der Waals surface area contributed by atoms with E-state index in [1.54, 1.807) is 11.8 Å². The number of halogens is 1. The highest BCUT2D eigenvalue weighted by Gasteiger charge is 2.47. The van der Waals surface area contributed by atoms with Crippen molar-refractivity contribution < 1.29 is 8.42 Å². The zero-order valence-electron chi connectivity index (χ0n) is 14.8. The first-order chi connectivity index (χ1) is 13.0. The standard InChI is InChI=1S/C20H21ClN2O2S2/c21-16-9-4-10-17(12-16)23-19-14-27(24,25)13-18(19)22-20(23)26-11-5-8-15-6-2-1-3-7-15/h1-4,6-7,9-10,12,18-19H,5,8,11,13-14H2. The maximum Gasteiger partial charge on any atom is 0.164 e. The predicted octanol–water partition coefficient (Wildman–Crippen LogP) is 4.05. The average molecular weight is 421 g/mol. The maximum absolute atomic E-state index is 12.1. The molecule has 4 rings (SSSR count). The molecule has 7 heteroatoms. The van der Waals surface area contributed by atoms with Crippen LogP contribution in [0.25, 0.3) is 0 Å². The molecule has 0 saturated carbocycles. The zero-order valence-corrected chi connectivity index (χ0v) is 17.2. The van der Waals surface area contributed by atoms with E-state index in [9.17, 15) is 8.42 Å². The van der Waals surface area contributed by atoms with Gasteiger partial charge in [-0.05, 0) is 36.6 Å². The molecule has 0 aromatic heterocycles. The van der Waals surface area contributed by atoms with Crippen molar-refractivity contribution in [2.24, 2.45) is 4.99 Å². The number of sulfone groups is 1. The van der Waals surface area contributed by atoms with Gasteiger partial charge in [-0.25, -0.2) is 8.42 Å². The summed E-state index contributed by atoms with van der Waals surface area (Å²) in [6, 6.07) is 17.7. The second kappa shape index (κ2) is 7.86. The third kappa shape index (κ3) is 4.33. The monoisotopic (exact) mass is 420 g/mol. The first-order valence-electron chi connectivity index (χ1n) is 9.02. The van der Waals surface area contributed by atoms with Crippen LogP contribution < -0.4 is 4.90 Å². The van der Waals surface area contributed by atoms with Gasteiger partial charge < -0.3 is 4.90 Å². The molecule has 2 atom stereocenters. The van der Waals surface area contributed by atoms with E-state index < -0.39 is 9.84 Å². The number of rotatable bonds is 5. The van der Waals surface area contributed by atoms with Crippen LogP contribution in [-0.2, 0) is 16.3 Å². The normalized spacial score (nSPS) is 23.3. The molecule has 0 aliphatic carbocycles. The highest BCUT2D eigenvalue weighted by molar-refractivity contribution is 8.14. The largest absolute Gasteiger partial charge is 0.315 e. The molecule has 2 aromatic carbocycles. The summed E-state index contributed by atoms with van der Waals surface area (Å²) < 4.78 is 24.2. The van der Waals surface area contributed by atoms with Crippen LogP contribution in [0.1, 0.15) is 12.0 Å². The topological polar surface area (TPSA) is 49.7 Å². The SMILES string of the molecule is O=S1(=O)CC2N=C(SCCCc3ccccc3)N(c3cccc(Cl)c3)C2C1. The Kier molecular flexibility index (Phi) is 5.48. The lowest BCUT2D eigenvalue weighted by Crippen LogP contribution is -2.39. The molecule has 0 N–H and O–H groups in total. The summed E-state index contributed by atoms with van der Waals surface area (Å²) in [6.07, 6.45) is 2.07. The average Bonchev–Trinajstić information content (AvgIpc) is 3.10. The number of hydrogen-bond acceptors (Lipinski definition) is 5. The van der Waals surface area contributed by atoms with Crippen molar-refractivity contribution in [3.8, 4) is 0 Å². The van der Waals surface area contributed by atoms with Gasteiger partial charge in [0.1, 0.15) is 0 Å². The molecular weight excluding hydrogens is 400 g/mol. The van der Waals surface area contributed by atoms with Crippen LogP contribution in [0.4, 0.5) is 5.69 Å². The summed E-state index contributed by atoms with van der Waals surface area (Å²) in [4.78, 5) is 6.84. The Morgan fingerprint density at radius 1 is 1.11 bits per heavy atom. The molecule has 0 amide bonds. The van der Waals surface area contributed by atoms with Gasteiger partial charge in [-0.15, -0.1) is 0 Å². The molecule has 2 aliphatic rings. The van der Waals surface area contributed by atoms with E-state index in [1.165, 1.54) is 5.56 Å². The van der Waals surface area contributed by atoms with E-state index in [4.69, 9.17) is 16.6 Å². The van der Waals surface area contributed by atoms with E-state index in [2.05, 4.69) is 29.2 Å². The quantitative estimate of drug-likeness (QED) is 0.685. The van der Waals surface area contributed by atoms with Gasteiger partial charge in [-0.2, -0.15) is 0 Å². The number of amidine groups is 1. The highest BCUT2D eigenvalue weighted by atomic mass is 35.5. The molecule has 142 valence electrons. The highest BCUT2D eigenvalue weighted by Crippen LogP contribution is 2.36. The lowest BCUT2D eigenvalue weighted by molar-refractivity contribution is 0.601. The van der Waals surface area contributed by atoms with Gasteiger partial charge in [0.05, 0.1) is 23.6 Å². The minimum Gasteiger partial charge on any atom is -0.315 e. The minimum absolute atomic E-state index is 0.120. The zero-order chi connectivity index (χ0) is 18.9. The molecule has 0 bridgehead atoms. The first kappa shape index (κ1) is 18.8. The minimum atomic E-state index is -3.03. The number of aliphatic imine (C=N–C) groups is 1. The van der Waals surface area contributed by atoms with Gasteiger partial charge in [0.25, 0.3) is 0 Å². The van der Waals surface area contributed by atoms with E-state index in [0.717, 1.165) is 29.4 Å². The van der Waals surface area contributed by atoms with Crippen LogP contribution in [0, 0.1) is 0 Å². The Hall–Kier alpha value is -1.50. The molecule has 0 spiro atoms. The van der Waals surface area contributed by atoms with Crippen molar-refractivity contribution in [2.75, 3.05) is 22.2 Å². The molecule has 2 aliphatic heterocycles. The lowest BCUT2D eigenvalue weighted by Gasteiger charge is -2.26. The Balaban J connectivity index is 1.47. The summed E-state index contributed by atoms with van der Waals surface area (Å²) >= 11 is 7.88. The van der Waals surface area contributed by atoms with Crippen LogP contribution >= 0.6 is 23.4 Å². The Morgan fingerprint density at radius 2 is 1.93 bits per heavy atom. The fourth-order valence-electron chi connectivity index (χ4n) is 3.65. The van der Waals surface area contributed by atoms with Gasteiger partial charge in [0.2, 0.25) is 0 Å². The van der Waals surface area contributed by atoms with Crippen molar-refractivity contribution in [3.63, 3.8) is 0 Å². The van der Waals surface area contributed by atoms with Gasteiger partial charge in [-0.3, -0.25) is 4.99 Å². The van der Waals surface area contributed by atoms with Gasteiger partial charge >= 0.3 is 0 Å². The Bertz CT molecular complexity index is 947. The van der Waals surface area contributed by atoms with Crippen LogP contribution in [0.15, 0.2) is 59.6 Å². The van der Waals surface area contributed by atoms with Gasteiger partial charge in [0, 0.05) is 16.5 Å². The predicted molar refractivity (Wildman–Crippen MR) is 115 cm³/mol. The van der Waals surface area contributed by atoms with Crippen molar-refractivity contribution in [1.82, 2.24) is 0 Å².